The van der Waals surface area contributed by atoms with Crippen molar-refractivity contribution in [3.05, 3.63) is 40.8 Å². The van der Waals surface area contributed by atoms with Crippen LogP contribution in [0, 0.1) is 6.92 Å². The molecule has 0 atom stereocenters. The number of fused-ring (bicyclic) bond motifs is 1. The number of hydrogen-bond acceptors (Lipinski definition) is 5. The van der Waals surface area contributed by atoms with Crippen LogP contribution in [0.15, 0.2) is 33.6 Å². The highest BCUT2D eigenvalue weighted by Gasteiger charge is 2.28. The smallest absolute Gasteiger partial charge is 0.157 e. The normalized spacial score (nSPS) is 14.8. The summed E-state index contributed by atoms with van der Waals surface area (Å²) in [6.07, 6.45) is 2.34. The summed E-state index contributed by atoms with van der Waals surface area (Å²) in [7, 11) is 0. The van der Waals surface area contributed by atoms with E-state index in [1.54, 1.807) is 23.1 Å². The van der Waals surface area contributed by atoms with Crippen LogP contribution in [0.5, 0.6) is 0 Å². The average Bonchev–Trinajstić information content (AvgIpc) is 3.24. The lowest BCUT2D eigenvalue weighted by molar-refractivity contribution is 0.862. The fourth-order valence-electron chi connectivity index (χ4n) is 2.09. The summed E-state index contributed by atoms with van der Waals surface area (Å²) >= 11 is 9.52. The molecule has 3 nitrogen and oxygen atoms in total. The third-order valence-corrected chi connectivity index (χ3v) is 6.02. The summed E-state index contributed by atoms with van der Waals surface area (Å²) in [4.78, 5) is 13.7. The zero-order valence-corrected chi connectivity index (χ0v) is 13.7. The van der Waals surface area contributed by atoms with Crippen LogP contribution < -0.4 is 0 Å². The highest BCUT2D eigenvalue weighted by molar-refractivity contribution is 8.01. The predicted molar refractivity (Wildman–Crippen MR) is 87.5 cm³/mol. The zero-order chi connectivity index (χ0) is 14.4. The van der Waals surface area contributed by atoms with E-state index >= 15 is 0 Å². The summed E-state index contributed by atoms with van der Waals surface area (Å²) in [5, 5.41) is 1.49. The molecule has 2 heterocycles. The van der Waals surface area contributed by atoms with Gasteiger partial charge in [0.2, 0.25) is 0 Å². The van der Waals surface area contributed by atoms with Gasteiger partial charge >= 0.3 is 0 Å². The lowest BCUT2D eigenvalue weighted by Crippen LogP contribution is -1.98. The van der Waals surface area contributed by atoms with Gasteiger partial charge in [-0.3, -0.25) is 0 Å². The van der Waals surface area contributed by atoms with E-state index in [0.717, 1.165) is 26.3 Å². The molecule has 0 aliphatic heterocycles. The highest BCUT2D eigenvalue weighted by atomic mass is 35.5. The van der Waals surface area contributed by atoms with Crippen molar-refractivity contribution < 1.29 is 0 Å². The first kappa shape index (κ1) is 13.5. The molecule has 106 valence electrons. The molecule has 3 aromatic rings. The number of thiazole rings is 1. The van der Waals surface area contributed by atoms with Gasteiger partial charge in [-0.05, 0) is 43.7 Å². The Hall–Kier alpha value is -1.17. The van der Waals surface area contributed by atoms with Gasteiger partial charge in [-0.1, -0.05) is 23.7 Å². The molecule has 0 spiro atoms. The van der Waals surface area contributed by atoms with Crippen LogP contribution in [0.2, 0.25) is 5.15 Å². The lowest BCUT2D eigenvalue weighted by Gasteiger charge is -2.06. The second-order valence-electron chi connectivity index (χ2n) is 5.13. The first-order valence-electron chi connectivity index (χ1n) is 6.78. The molecular formula is C15H12ClN3S2. The molecule has 0 N–H and O–H groups in total. The Morgan fingerprint density at radius 3 is 2.76 bits per heavy atom. The second kappa shape index (κ2) is 5.23. The molecule has 0 radical (unpaired) electrons. The van der Waals surface area contributed by atoms with Gasteiger partial charge in [-0.2, -0.15) is 0 Å². The number of rotatable bonds is 3. The molecule has 0 bridgehead atoms. The van der Waals surface area contributed by atoms with Crippen LogP contribution in [-0.4, -0.2) is 15.0 Å². The molecule has 0 unspecified atom stereocenters. The van der Waals surface area contributed by atoms with Gasteiger partial charge in [0, 0.05) is 11.5 Å². The maximum atomic E-state index is 6.25. The van der Waals surface area contributed by atoms with Crippen molar-refractivity contribution in [1.29, 1.82) is 0 Å². The van der Waals surface area contributed by atoms with Gasteiger partial charge < -0.3 is 0 Å². The minimum absolute atomic E-state index is 0.498. The minimum atomic E-state index is 0.498. The molecule has 1 aromatic carbocycles. The van der Waals surface area contributed by atoms with Crippen molar-refractivity contribution in [2.75, 3.05) is 0 Å². The fraction of sp³-hybridized carbons (Fsp3) is 0.267. The number of aromatic nitrogens is 3. The molecule has 0 amide bonds. The van der Waals surface area contributed by atoms with E-state index in [4.69, 9.17) is 16.6 Å². The standard InChI is InChI=1S/C15H12ClN3S2/c1-8-12(16)18-13(9-6-7-9)19-14(8)21-15-17-10-4-2-3-5-11(10)20-15/h2-5,9H,6-7H2,1H3. The van der Waals surface area contributed by atoms with Crippen LogP contribution in [-0.2, 0) is 0 Å². The Balaban J connectivity index is 1.72. The quantitative estimate of drug-likeness (QED) is 0.627. The third-order valence-electron chi connectivity index (χ3n) is 3.46. The summed E-state index contributed by atoms with van der Waals surface area (Å²) in [6, 6.07) is 8.17. The molecule has 0 saturated heterocycles. The van der Waals surface area contributed by atoms with Gasteiger partial charge in [0.15, 0.2) is 4.34 Å². The van der Waals surface area contributed by atoms with E-state index in [2.05, 4.69) is 16.0 Å². The zero-order valence-electron chi connectivity index (χ0n) is 11.3. The van der Waals surface area contributed by atoms with Crippen molar-refractivity contribution in [3.8, 4) is 0 Å². The Morgan fingerprint density at radius 1 is 1.19 bits per heavy atom. The van der Waals surface area contributed by atoms with Gasteiger partial charge in [0.1, 0.15) is 16.0 Å². The molecule has 1 fully saturated rings. The highest BCUT2D eigenvalue weighted by Crippen LogP contribution is 2.41. The predicted octanol–water partition coefficient (Wildman–Crippen LogP) is 5.08. The van der Waals surface area contributed by atoms with Gasteiger partial charge in [0.05, 0.1) is 10.2 Å². The van der Waals surface area contributed by atoms with E-state index in [9.17, 15) is 0 Å². The van der Waals surface area contributed by atoms with E-state index in [0.29, 0.717) is 11.1 Å². The van der Waals surface area contributed by atoms with Gasteiger partial charge in [0.25, 0.3) is 0 Å². The van der Waals surface area contributed by atoms with Crippen molar-refractivity contribution in [1.82, 2.24) is 15.0 Å². The van der Waals surface area contributed by atoms with Crippen LogP contribution in [0.4, 0.5) is 0 Å². The van der Waals surface area contributed by atoms with Crippen LogP contribution in [0.25, 0.3) is 10.2 Å². The number of hydrogen-bond donors (Lipinski definition) is 0. The van der Waals surface area contributed by atoms with E-state index in [1.807, 2.05) is 25.1 Å². The maximum absolute atomic E-state index is 6.25. The molecule has 1 aliphatic carbocycles. The Kier molecular flexibility index (Phi) is 3.36. The Labute approximate surface area is 135 Å². The fourth-order valence-corrected chi connectivity index (χ4v) is 4.39. The SMILES string of the molecule is Cc1c(Cl)nc(C2CC2)nc1Sc1nc2ccccc2s1. The Morgan fingerprint density at radius 2 is 2.00 bits per heavy atom. The van der Waals surface area contributed by atoms with Crippen LogP contribution in [0.1, 0.15) is 30.1 Å². The second-order valence-corrected chi connectivity index (χ2v) is 7.75. The third kappa shape index (κ3) is 2.65. The molecule has 21 heavy (non-hydrogen) atoms. The summed E-state index contributed by atoms with van der Waals surface area (Å²) in [5.41, 5.74) is 1.97. The van der Waals surface area contributed by atoms with Crippen molar-refractivity contribution >= 4 is 44.9 Å². The summed E-state index contributed by atoms with van der Waals surface area (Å²) < 4.78 is 2.19. The van der Waals surface area contributed by atoms with Gasteiger partial charge in [-0.25, -0.2) is 15.0 Å². The Bertz CT molecular complexity index is 794. The largest absolute Gasteiger partial charge is 0.229 e. The van der Waals surface area contributed by atoms with E-state index < -0.39 is 0 Å². The van der Waals surface area contributed by atoms with Crippen molar-refractivity contribution in [3.63, 3.8) is 0 Å². The van der Waals surface area contributed by atoms with Crippen LogP contribution in [0.3, 0.4) is 0 Å². The van der Waals surface area contributed by atoms with E-state index in [1.165, 1.54) is 17.5 Å². The van der Waals surface area contributed by atoms with E-state index in [-0.39, 0.29) is 0 Å². The molecule has 4 rings (SSSR count). The summed E-state index contributed by atoms with van der Waals surface area (Å²) in [6.45, 7) is 1.97. The average molecular weight is 334 g/mol. The first-order valence-corrected chi connectivity index (χ1v) is 8.79. The molecule has 1 saturated carbocycles. The van der Waals surface area contributed by atoms with Crippen molar-refractivity contribution in [2.24, 2.45) is 0 Å². The number of benzene rings is 1. The molecule has 2 aromatic heterocycles. The molecular weight excluding hydrogens is 322 g/mol. The minimum Gasteiger partial charge on any atom is -0.229 e. The lowest BCUT2D eigenvalue weighted by atomic mass is 10.3. The number of para-hydroxylation sites is 1. The molecule has 1 aliphatic rings. The van der Waals surface area contributed by atoms with Gasteiger partial charge in [-0.15, -0.1) is 11.3 Å². The summed E-state index contributed by atoms with van der Waals surface area (Å²) in [5.74, 6) is 1.38. The van der Waals surface area contributed by atoms with Crippen LogP contribution >= 0.6 is 34.7 Å². The van der Waals surface area contributed by atoms with Crippen molar-refractivity contribution in [2.45, 2.75) is 35.0 Å². The maximum Gasteiger partial charge on any atom is 0.157 e. The topological polar surface area (TPSA) is 38.7 Å². The number of nitrogens with zero attached hydrogens (tertiary/aromatic N) is 3. The molecule has 6 heteroatoms. The monoisotopic (exact) mass is 333 g/mol. The number of halogens is 1. The first-order chi connectivity index (χ1) is 10.2.